The highest BCUT2D eigenvalue weighted by Gasteiger charge is 2.57. The summed E-state index contributed by atoms with van der Waals surface area (Å²) in [4.78, 5) is 24.0. The molecule has 2 N–H and O–H groups in total. The zero-order valence-electron chi connectivity index (χ0n) is 8.71. The number of aliphatic hydroxyl groups is 1. The Hall–Kier alpha value is -0.660. The molecule has 0 radical (unpaired) electrons. The van der Waals surface area contributed by atoms with E-state index in [4.69, 9.17) is 5.11 Å². The number of hydrogen-bond donors (Lipinski definition) is 2. The molecule has 0 bridgehead atoms. The van der Waals surface area contributed by atoms with E-state index in [1.54, 1.807) is 13.2 Å². The third-order valence-electron chi connectivity index (χ3n) is 2.65. The van der Waals surface area contributed by atoms with E-state index in [0.29, 0.717) is 4.24 Å². The Bertz CT molecular complexity index is 393. The van der Waals surface area contributed by atoms with E-state index in [-0.39, 0.29) is 17.0 Å². The van der Waals surface area contributed by atoms with Gasteiger partial charge in [-0.3, -0.25) is 9.69 Å². The van der Waals surface area contributed by atoms with Crippen LogP contribution in [-0.4, -0.2) is 44.7 Å². The Balaban J connectivity index is 2.29. The van der Waals surface area contributed by atoms with Gasteiger partial charge in [-0.25, -0.2) is 4.79 Å². The van der Waals surface area contributed by atoms with Crippen LogP contribution in [0.5, 0.6) is 0 Å². The summed E-state index contributed by atoms with van der Waals surface area (Å²) in [6.45, 7) is 1.55. The summed E-state index contributed by atoms with van der Waals surface area (Å²) >= 11 is 2.66. The van der Waals surface area contributed by atoms with Crippen LogP contribution in [0.3, 0.4) is 0 Å². The molecule has 1 amide bonds. The number of thioether (sulfide) groups is 2. The van der Waals surface area contributed by atoms with Gasteiger partial charge in [-0.2, -0.15) is 0 Å². The molecule has 5 nitrogen and oxygen atoms in total. The van der Waals surface area contributed by atoms with E-state index in [0.717, 1.165) is 0 Å². The molecule has 2 heterocycles. The maximum atomic E-state index is 11.7. The highest BCUT2D eigenvalue weighted by Crippen LogP contribution is 2.53. The first-order valence-electron chi connectivity index (χ1n) is 4.68. The van der Waals surface area contributed by atoms with Crippen LogP contribution in [0.2, 0.25) is 0 Å². The number of carboxylic acid groups (broad SMARTS) is 1. The van der Waals surface area contributed by atoms with E-state index in [2.05, 4.69) is 0 Å². The number of fused-ring (bicyclic) bond motifs is 1. The van der Waals surface area contributed by atoms with Gasteiger partial charge >= 0.3 is 5.97 Å². The minimum Gasteiger partial charge on any atom is -0.477 e. The molecular formula is C9H11NO4S2. The molecule has 1 fully saturated rings. The van der Waals surface area contributed by atoms with Gasteiger partial charge in [0.05, 0.1) is 16.3 Å². The van der Waals surface area contributed by atoms with Gasteiger partial charge in [-0.15, -0.1) is 11.8 Å². The Morgan fingerprint density at radius 2 is 2.25 bits per heavy atom. The van der Waals surface area contributed by atoms with Crippen molar-refractivity contribution in [2.45, 2.75) is 18.4 Å². The van der Waals surface area contributed by atoms with Gasteiger partial charge in [-0.1, -0.05) is 11.8 Å². The molecule has 2 aliphatic heterocycles. The van der Waals surface area contributed by atoms with Crippen LogP contribution in [0.4, 0.5) is 0 Å². The standard InChI is InChI=1S/C9H11NO4S2/c1-3(11)4-6(12)10-5(8(13)14)9(15-2)16-7(4)10/h3-4,7,11H,1-2H3,(H,13,14)/t3?,4-,7+/m0/s1. The van der Waals surface area contributed by atoms with Crippen LogP contribution in [0.25, 0.3) is 0 Å². The van der Waals surface area contributed by atoms with Crippen molar-refractivity contribution in [1.82, 2.24) is 4.90 Å². The lowest BCUT2D eigenvalue weighted by molar-refractivity contribution is -0.156. The largest absolute Gasteiger partial charge is 0.477 e. The molecule has 0 aromatic heterocycles. The van der Waals surface area contributed by atoms with E-state index < -0.39 is 18.0 Å². The lowest BCUT2D eigenvalue weighted by Crippen LogP contribution is -2.60. The first kappa shape index (κ1) is 11.8. The zero-order chi connectivity index (χ0) is 12.0. The van der Waals surface area contributed by atoms with Crippen molar-refractivity contribution in [3.05, 3.63) is 9.93 Å². The highest BCUT2D eigenvalue weighted by molar-refractivity contribution is 8.22. The predicted octanol–water partition coefficient (Wildman–Crippen LogP) is 0.515. The second kappa shape index (κ2) is 3.97. The van der Waals surface area contributed by atoms with Crippen molar-refractivity contribution < 1.29 is 19.8 Å². The second-order valence-electron chi connectivity index (χ2n) is 3.63. The van der Waals surface area contributed by atoms with Crippen molar-refractivity contribution in [1.29, 1.82) is 0 Å². The van der Waals surface area contributed by atoms with Gasteiger partial charge in [0.2, 0.25) is 5.91 Å². The van der Waals surface area contributed by atoms with E-state index in [1.807, 2.05) is 0 Å². The molecule has 7 heteroatoms. The summed E-state index contributed by atoms with van der Waals surface area (Å²) in [6, 6.07) is 0. The highest BCUT2D eigenvalue weighted by atomic mass is 32.2. The number of nitrogens with zero attached hydrogens (tertiary/aromatic N) is 1. The monoisotopic (exact) mass is 261 g/mol. The summed E-state index contributed by atoms with van der Waals surface area (Å²) in [6.07, 6.45) is 1.04. The lowest BCUT2D eigenvalue weighted by Gasteiger charge is -2.43. The summed E-state index contributed by atoms with van der Waals surface area (Å²) in [5, 5.41) is 18.2. The molecule has 1 saturated heterocycles. The van der Waals surface area contributed by atoms with Gasteiger partial charge in [-0.05, 0) is 13.2 Å². The molecule has 0 aliphatic carbocycles. The summed E-state index contributed by atoms with van der Waals surface area (Å²) in [5.41, 5.74) is 0.0596. The van der Waals surface area contributed by atoms with Crippen LogP contribution in [-0.2, 0) is 9.59 Å². The Labute approximate surface area is 101 Å². The van der Waals surface area contributed by atoms with Crippen molar-refractivity contribution in [3.63, 3.8) is 0 Å². The minimum atomic E-state index is -1.09. The number of carboxylic acids is 1. The van der Waals surface area contributed by atoms with Crippen LogP contribution >= 0.6 is 23.5 Å². The maximum Gasteiger partial charge on any atom is 0.354 e. The topological polar surface area (TPSA) is 77.8 Å². The number of β-lactam (4-membered cyclic amide) rings is 1. The zero-order valence-corrected chi connectivity index (χ0v) is 10.3. The smallest absolute Gasteiger partial charge is 0.354 e. The molecule has 1 unspecified atom stereocenters. The van der Waals surface area contributed by atoms with Gasteiger partial charge in [0, 0.05) is 0 Å². The molecule has 0 saturated carbocycles. The van der Waals surface area contributed by atoms with Crippen LogP contribution in [0.15, 0.2) is 9.93 Å². The number of rotatable bonds is 3. The van der Waals surface area contributed by atoms with Gasteiger partial charge < -0.3 is 10.2 Å². The van der Waals surface area contributed by atoms with Gasteiger partial charge in [0.15, 0.2) is 5.70 Å². The SMILES string of the molecule is CSC1=C(C(=O)O)N2C(=O)[C@H](C(C)O)[C@H]2S1. The quantitative estimate of drug-likeness (QED) is 0.721. The summed E-state index contributed by atoms with van der Waals surface area (Å²) in [5.74, 6) is -1.87. The fourth-order valence-corrected chi connectivity index (χ4v) is 4.27. The molecule has 2 aliphatic rings. The van der Waals surface area contributed by atoms with Crippen molar-refractivity contribution >= 4 is 35.4 Å². The fourth-order valence-electron chi connectivity index (χ4n) is 1.89. The molecule has 2 rings (SSSR count). The molecule has 0 spiro atoms. The van der Waals surface area contributed by atoms with Crippen molar-refractivity contribution in [2.75, 3.05) is 6.26 Å². The average molecular weight is 261 g/mol. The first-order valence-corrected chi connectivity index (χ1v) is 6.78. The van der Waals surface area contributed by atoms with Gasteiger partial charge in [0.1, 0.15) is 5.37 Å². The van der Waals surface area contributed by atoms with Crippen LogP contribution in [0.1, 0.15) is 6.92 Å². The fraction of sp³-hybridized carbons (Fsp3) is 0.556. The predicted molar refractivity (Wildman–Crippen MR) is 61.6 cm³/mol. The maximum absolute atomic E-state index is 11.7. The molecule has 3 atom stereocenters. The number of carbonyl (C=O) groups excluding carboxylic acids is 1. The number of amides is 1. The van der Waals surface area contributed by atoms with Crippen molar-refractivity contribution in [3.8, 4) is 0 Å². The summed E-state index contributed by atoms with van der Waals surface area (Å²) < 4.78 is 0.633. The van der Waals surface area contributed by atoms with Crippen LogP contribution in [0, 0.1) is 5.92 Å². The molecule has 88 valence electrons. The number of carbonyl (C=O) groups is 2. The Kier molecular flexibility index (Phi) is 2.93. The number of aliphatic hydroxyl groups excluding tert-OH is 1. The Morgan fingerprint density at radius 3 is 2.69 bits per heavy atom. The molecule has 16 heavy (non-hydrogen) atoms. The minimum absolute atomic E-state index is 0.0596. The first-order chi connectivity index (χ1) is 7.49. The van der Waals surface area contributed by atoms with Gasteiger partial charge in [0.25, 0.3) is 0 Å². The van der Waals surface area contributed by atoms with Crippen molar-refractivity contribution in [2.24, 2.45) is 5.92 Å². The molecule has 0 aromatic carbocycles. The molecular weight excluding hydrogens is 250 g/mol. The Morgan fingerprint density at radius 1 is 1.62 bits per heavy atom. The normalized spacial score (nSPS) is 30.2. The summed E-state index contributed by atoms with van der Waals surface area (Å²) in [7, 11) is 0. The van der Waals surface area contributed by atoms with E-state index >= 15 is 0 Å². The number of aliphatic carboxylic acids is 1. The third-order valence-corrected chi connectivity index (χ3v) is 5.16. The van der Waals surface area contributed by atoms with E-state index in [9.17, 15) is 14.7 Å². The lowest BCUT2D eigenvalue weighted by atomic mass is 9.92. The molecule has 0 aromatic rings. The van der Waals surface area contributed by atoms with Crippen LogP contribution < -0.4 is 0 Å². The third kappa shape index (κ3) is 1.46. The number of hydrogen-bond acceptors (Lipinski definition) is 5. The average Bonchev–Trinajstić information content (AvgIpc) is 2.51. The second-order valence-corrected chi connectivity index (χ2v) is 5.83. The van der Waals surface area contributed by atoms with E-state index in [1.165, 1.54) is 28.4 Å².